The van der Waals surface area contributed by atoms with E-state index in [2.05, 4.69) is 15.0 Å². The van der Waals surface area contributed by atoms with Gasteiger partial charge in [-0.2, -0.15) is 0 Å². The topological polar surface area (TPSA) is 61.9 Å². The lowest BCUT2D eigenvalue weighted by molar-refractivity contribution is -0.140. The number of likely N-dealkylation sites (N-methyl/N-ethyl adjacent to an activating group) is 1. The van der Waals surface area contributed by atoms with Gasteiger partial charge in [-0.3, -0.25) is 14.5 Å². The highest BCUT2D eigenvalue weighted by molar-refractivity contribution is 5.81. The first kappa shape index (κ1) is 14.9. The third-order valence-corrected chi connectivity index (χ3v) is 3.13. The van der Waals surface area contributed by atoms with Crippen molar-refractivity contribution in [3.05, 3.63) is 0 Å². The van der Waals surface area contributed by atoms with E-state index >= 15 is 0 Å². The third-order valence-electron chi connectivity index (χ3n) is 3.13. The summed E-state index contributed by atoms with van der Waals surface area (Å²) in [6.07, 6.45) is 1.13. The minimum Gasteiger partial charge on any atom is -0.469 e. The molecule has 6 heteroatoms. The Bertz CT molecular complexity index is 294. The number of nitrogens with zero attached hydrogens (tertiary/aromatic N) is 2. The number of ether oxygens (including phenoxy) is 1. The number of carbonyl (C=O) groups is 2. The van der Waals surface area contributed by atoms with Crippen LogP contribution in [0.4, 0.5) is 0 Å². The van der Waals surface area contributed by atoms with Crippen LogP contribution in [0.15, 0.2) is 0 Å². The molecule has 1 amide bonds. The number of hydrogen-bond acceptors (Lipinski definition) is 5. The molecule has 0 saturated carbocycles. The average molecular weight is 257 g/mol. The van der Waals surface area contributed by atoms with Gasteiger partial charge in [0.1, 0.15) is 6.04 Å². The summed E-state index contributed by atoms with van der Waals surface area (Å²) in [5.41, 5.74) is 0. The number of esters is 1. The fraction of sp³-hybridized carbons (Fsp3) is 0.833. The number of methoxy groups -OCH3 is 1. The highest BCUT2D eigenvalue weighted by atomic mass is 16.5. The zero-order chi connectivity index (χ0) is 13.5. The molecule has 0 spiro atoms. The Morgan fingerprint density at radius 2 is 2.17 bits per heavy atom. The highest BCUT2D eigenvalue weighted by Crippen LogP contribution is 2.08. The standard InChI is InChI=1S/C12H23N3O3/c1-14(2)12(17)10-9-13-6-8-15(10)7-4-5-11(16)18-3/h10,13H,4-9H2,1-3H3. The molecule has 0 aromatic heterocycles. The van der Waals surface area contributed by atoms with Crippen LogP contribution in [-0.4, -0.2) is 75.1 Å². The second-order valence-corrected chi connectivity index (χ2v) is 4.67. The Balaban J connectivity index is 2.44. The molecule has 1 unspecified atom stereocenters. The van der Waals surface area contributed by atoms with Crippen molar-refractivity contribution < 1.29 is 14.3 Å². The fourth-order valence-corrected chi connectivity index (χ4v) is 2.08. The van der Waals surface area contributed by atoms with Crippen molar-refractivity contribution >= 4 is 11.9 Å². The molecule has 1 N–H and O–H groups in total. The summed E-state index contributed by atoms with van der Waals surface area (Å²) in [6.45, 7) is 3.15. The lowest BCUT2D eigenvalue weighted by atomic mass is 10.1. The van der Waals surface area contributed by atoms with Gasteiger partial charge in [-0.15, -0.1) is 0 Å². The minimum atomic E-state index is -0.194. The van der Waals surface area contributed by atoms with Gasteiger partial charge < -0.3 is 15.0 Å². The SMILES string of the molecule is COC(=O)CCCN1CCNCC1C(=O)N(C)C. The number of hydrogen-bond donors (Lipinski definition) is 1. The van der Waals surface area contributed by atoms with E-state index in [4.69, 9.17) is 0 Å². The predicted octanol–water partition coefficient (Wildman–Crippen LogP) is -0.698. The van der Waals surface area contributed by atoms with Crippen LogP contribution in [0, 0.1) is 0 Å². The van der Waals surface area contributed by atoms with Gasteiger partial charge in [0, 0.05) is 40.2 Å². The number of amides is 1. The molecular formula is C12H23N3O3. The maximum atomic E-state index is 12.0. The van der Waals surface area contributed by atoms with Crippen LogP contribution >= 0.6 is 0 Å². The number of nitrogens with one attached hydrogen (secondary N) is 1. The Morgan fingerprint density at radius 3 is 2.78 bits per heavy atom. The van der Waals surface area contributed by atoms with Gasteiger partial charge in [-0.05, 0) is 13.0 Å². The molecule has 1 rings (SSSR count). The van der Waals surface area contributed by atoms with E-state index in [1.54, 1.807) is 19.0 Å². The van der Waals surface area contributed by atoms with Gasteiger partial charge in [-0.25, -0.2) is 0 Å². The van der Waals surface area contributed by atoms with E-state index in [0.717, 1.165) is 26.1 Å². The number of carbonyl (C=O) groups excluding carboxylic acids is 2. The Kier molecular flexibility index (Phi) is 6.07. The molecule has 0 bridgehead atoms. The van der Waals surface area contributed by atoms with Crippen molar-refractivity contribution in [1.82, 2.24) is 15.1 Å². The summed E-state index contributed by atoms with van der Waals surface area (Å²) < 4.78 is 4.61. The Labute approximate surface area is 108 Å². The maximum absolute atomic E-state index is 12.0. The van der Waals surface area contributed by atoms with Crippen molar-refractivity contribution in [3.63, 3.8) is 0 Å². The van der Waals surface area contributed by atoms with E-state index in [-0.39, 0.29) is 17.9 Å². The van der Waals surface area contributed by atoms with E-state index in [1.807, 2.05) is 0 Å². The maximum Gasteiger partial charge on any atom is 0.305 e. The zero-order valence-electron chi connectivity index (χ0n) is 11.4. The summed E-state index contributed by atoms with van der Waals surface area (Å²) in [6, 6.07) is -0.119. The lowest BCUT2D eigenvalue weighted by Gasteiger charge is -2.36. The van der Waals surface area contributed by atoms with Crippen LogP contribution in [0.25, 0.3) is 0 Å². The third kappa shape index (κ3) is 4.27. The summed E-state index contributed by atoms with van der Waals surface area (Å²) in [7, 11) is 4.93. The molecule has 0 aliphatic carbocycles. The van der Waals surface area contributed by atoms with Crippen LogP contribution in [0.3, 0.4) is 0 Å². The van der Waals surface area contributed by atoms with Gasteiger partial charge in [-0.1, -0.05) is 0 Å². The van der Waals surface area contributed by atoms with Crippen LogP contribution in [0.2, 0.25) is 0 Å². The summed E-state index contributed by atoms with van der Waals surface area (Å²) in [5.74, 6) is -0.0825. The molecule has 1 heterocycles. The summed E-state index contributed by atoms with van der Waals surface area (Å²) in [4.78, 5) is 26.8. The molecule has 1 aliphatic rings. The molecule has 0 radical (unpaired) electrons. The van der Waals surface area contributed by atoms with Gasteiger partial charge >= 0.3 is 5.97 Å². The molecule has 1 saturated heterocycles. The van der Waals surface area contributed by atoms with Crippen LogP contribution in [0.5, 0.6) is 0 Å². The van der Waals surface area contributed by atoms with Crippen molar-refractivity contribution in [3.8, 4) is 0 Å². The van der Waals surface area contributed by atoms with Gasteiger partial charge in [0.15, 0.2) is 0 Å². The summed E-state index contributed by atoms with van der Waals surface area (Å²) >= 11 is 0. The monoisotopic (exact) mass is 257 g/mol. The van der Waals surface area contributed by atoms with Gasteiger partial charge in [0.05, 0.1) is 7.11 Å². The predicted molar refractivity (Wildman–Crippen MR) is 68.2 cm³/mol. The molecule has 1 aliphatic heterocycles. The molecule has 0 aromatic rings. The molecule has 0 aromatic carbocycles. The second-order valence-electron chi connectivity index (χ2n) is 4.67. The van der Waals surface area contributed by atoms with Crippen molar-refractivity contribution in [2.24, 2.45) is 0 Å². The van der Waals surface area contributed by atoms with Crippen LogP contribution < -0.4 is 5.32 Å². The second kappa shape index (κ2) is 7.33. The number of rotatable bonds is 5. The molecule has 104 valence electrons. The Hall–Kier alpha value is -1.14. The first-order chi connectivity index (χ1) is 8.56. The fourth-order valence-electron chi connectivity index (χ4n) is 2.08. The Morgan fingerprint density at radius 1 is 1.44 bits per heavy atom. The lowest BCUT2D eigenvalue weighted by Crippen LogP contribution is -2.57. The van der Waals surface area contributed by atoms with E-state index < -0.39 is 0 Å². The molecule has 18 heavy (non-hydrogen) atoms. The molecule has 1 fully saturated rings. The normalized spacial score (nSPS) is 20.5. The van der Waals surface area contributed by atoms with Crippen molar-refractivity contribution in [2.75, 3.05) is 47.4 Å². The van der Waals surface area contributed by atoms with Crippen LogP contribution in [-0.2, 0) is 14.3 Å². The minimum absolute atomic E-state index is 0.111. The van der Waals surface area contributed by atoms with E-state index in [0.29, 0.717) is 13.0 Å². The quantitative estimate of drug-likeness (QED) is 0.660. The molecular weight excluding hydrogens is 234 g/mol. The van der Waals surface area contributed by atoms with Gasteiger partial charge in [0.2, 0.25) is 5.91 Å². The highest BCUT2D eigenvalue weighted by Gasteiger charge is 2.29. The molecule has 6 nitrogen and oxygen atoms in total. The van der Waals surface area contributed by atoms with E-state index in [9.17, 15) is 9.59 Å². The first-order valence-electron chi connectivity index (χ1n) is 6.29. The van der Waals surface area contributed by atoms with Crippen molar-refractivity contribution in [2.45, 2.75) is 18.9 Å². The van der Waals surface area contributed by atoms with Crippen molar-refractivity contribution in [1.29, 1.82) is 0 Å². The number of piperazine rings is 1. The largest absolute Gasteiger partial charge is 0.469 e. The van der Waals surface area contributed by atoms with Crippen LogP contribution in [0.1, 0.15) is 12.8 Å². The molecule has 1 atom stereocenters. The zero-order valence-corrected chi connectivity index (χ0v) is 11.4. The van der Waals surface area contributed by atoms with Gasteiger partial charge in [0.25, 0.3) is 0 Å². The summed E-state index contributed by atoms with van der Waals surface area (Å²) in [5, 5.41) is 3.23. The average Bonchev–Trinajstić information content (AvgIpc) is 2.38. The van der Waals surface area contributed by atoms with E-state index in [1.165, 1.54) is 7.11 Å². The first-order valence-corrected chi connectivity index (χ1v) is 6.29. The smallest absolute Gasteiger partial charge is 0.305 e.